The molecule has 1 aliphatic heterocycles. The van der Waals surface area contributed by atoms with E-state index in [9.17, 15) is 8.42 Å². The largest absolute Gasteiger partial charge is 0.381 e. The molecule has 1 fully saturated rings. The van der Waals surface area contributed by atoms with Crippen LogP contribution in [0.15, 0.2) is 24.5 Å². The maximum Gasteiger partial charge on any atom is 0.215 e. The highest BCUT2D eigenvalue weighted by molar-refractivity contribution is 7.88. The van der Waals surface area contributed by atoms with Crippen LogP contribution in [-0.4, -0.2) is 33.2 Å². The molecule has 1 saturated heterocycles. The summed E-state index contributed by atoms with van der Waals surface area (Å²) in [5, 5.41) is 0. The Morgan fingerprint density at radius 2 is 2.39 bits per heavy atom. The number of rotatable bonds is 5. The molecule has 0 saturated carbocycles. The van der Waals surface area contributed by atoms with Crippen molar-refractivity contribution in [1.29, 1.82) is 0 Å². The summed E-state index contributed by atoms with van der Waals surface area (Å²) in [4.78, 5) is 3.91. The van der Waals surface area contributed by atoms with Gasteiger partial charge in [-0.25, -0.2) is 13.1 Å². The van der Waals surface area contributed by atoms with Crippen LogP contribution in [0.5, 0.6) is 0 Å². The van der Waals surface area contributed by atoms with Crippen molar-refractivity contribution in [3.63, 3.8) is 0 Å². The zero-order valence-corrected chi connectivity index (χ0v) is 11.0. The van der Waals surface area contributed by atoms with E-state index in [1.54, 1.807) is 24.5 Å². The Balaban J connectivity index is 1.83. The van der Waals surface area contributed by atoms with Crippen molar-refractivity contribution >= 4 is 10.0 Å². The lowest BCUT2D eigenvalue weighted by molar-refractivity contribution is 0.0568. The second-order valence-electron chi connectivity index (χ2n) is 4.55. The molecule has 0 spiro atoms. The molecule has 0 amide bonds. The smallest absolute Gasteiger partial charge is 0.215 e. The summed E-state index contributed by atoms with van der Waals surface area (Å²) in [6, 6.07) is 3.50. The van der Waals surface area contributed by atoms with Crippen molar-refractivity contribution in [2.45, 2.75) is 18.6 Å². The predicted molar refractivity (Wildman–Crippen MR) is 68.4 cm³/mol. The molecular weight excluding hydrogens is 252 g/mol. The lowest BCUT2D eigenvalue weighted by atomic mass is 10.0. The highest BCUT2D eigenvalue weighted by Crippen LogP contribution is 2.13. The standard InChI is InChI=1S/C12H18N2O3S/c15-18(16,10-12-3-1-5-13-7-12)14-8-11-4-2-6-17-9-11/h1,3,5,7,11,14H,2,4,6,8-10H2. The molecule has 2 heterocycles. The summed E-state index contributed by atoms with van der Waals surface area (Å²) in [6.45, 7) is 1.90. The first kappa shape index (κ1) is 13.5. The maximum atomic E-state index is 11.9. The van der Waals surface area contributed by atoms with Crippen LogP contribution >= 0.6 is 0 Å². The van der Waals surface area contributed by atoms with E-state index in [1.165, 1.54) is 0 Å². The SMILES string of the molecule is O=S(=O)(Cc1cccnc1)NCC1CCCOC1. The van der Waals surface area contributed by atoms with E-state index in [1.807, 2.05) is 0 Å². The van der Waals surface area contributed by atoms with Crippen LogP contribution < -0.4 is 4.72 Å². The first-order valence-corrected chi connectivity index (χ1v) is 7.75. The van der Waals surface area contributed by atoms with Gasteiger partial charge in [-0.3, -0.25) is 4.98 Å². The number of ether oxygens (including phenoxy) is 1. The number of hydrogen-bond donors (Lipinski definition) is 1. The summed E-state index contributed by atoms with van der Waals surface area (Å²) in [5.41, 5.74) is 0.699. The number of nitrogens with zero attached hydrogens (tertiary/aromatic N) is 1. The molecule has 100 valence electrons. The van der Waals surface area contributed by atoms with Crippen LogP contribution in [0.25, 0.3) is 0 Å². The van der Waals surface area contributed by atoms with Crippen molar-refractivity contribution in [3.8, 4) is 0 Å². The van der Waals surface area contributed by atoms with E-state index in [4.69, 9.17) is 4.74 Å². The fourth-order valence-electron chi connectivity index (χ4n) is 1.97. The molecule has 1 unspecified atom stereocenters. The van der Waals surface area contributed by atoms with Gasteiger partial charge >= 0.3 is 0 Å². The van der Waals surface area contributed by atoms with Crippen LogP contribution in [0.3, 0.4) is 0 Å². The second-order valence-corrected chi connectivity index (χ2v) is 6.36. The van der Waals surface area contributed by atoms with Crippen LogP contribution in [0.2, 0.25) is 0 Å². The van der Waals surface area contributed by atoms with E-state index >= 15 is 0 Å². The summed E-state index contributed by atoms with van der Waals surface area (Å²) in [5.74, 6) is 0.274. The molecule has 1 aromatic heterocycles. The Morgan fingerprint density at radius 1 is 1.50 bits per heavy atom. The Labute approximate surface area is 108 Å². The number of nitrogens with one attached hydrogen (secondary N) is 1. The first-order chi connectivity index (χ1) is 8.66. The molecule has 0 aromatic carbocycles. The molecule has 1 atom stereocenters. The highest BCUT2D eigenvalue weighted by atomic mass is 32.2. The third-order valence-electron chi connectivity index (χ3n) is 2.93. The molecular formula is C12H18N2O3S. The van der Waals surface area contributed by atoms with E-state index in [0.717, 1.165) is 19.4 Å². The molecule has 2 rings (SSSR count). The average Bonchev–Trinajstić information content (AvgIpc) is 2.38. The molecule has 1 N–H and O–H groups in total. The van der Waals surface area contributed by atoms with Gasteiger partial charge in [0.25, 0.3) is 0 Å². The molecule has 1 aromatic rings. The van der Waals surface area contributed by atoms with Gasteiger partial charge in [0.15, 0.2) is 0 Å². The van der Waals surface area contributed by atoms with Gasteiger partial charge in [-0.1, -0.05) is 6.07 Å². The number of hydrogen-bond acceptors (Lipinski definition) is 4. The van der Waals surface area contributed by atoms with Crippen molar-refractivity contribution < 1.29 is 13.2 Å². The summed E-state index contributed by atoms with van der Waals surface area (Å²) in [6.07, 6.45) is 5.23. The minimum absolute atomic E-state index is 0.0194. The van der Waals surface area contributed by atoms with E-state index in [0.29, 0.717) is 24.6 Å². The van der Waals surface area contributed by atoms with Crippen LogP contribution in [0.1, 0.15) is 18.4 Å². The second kappa shape index (κ2) is 6.26. The van der Waals surface area contributed by atoms with Gasteiger partial charge in [0, 0.05) is 25.5 Å². The van der Waals surface area contributed by atoms with Crippen LogP contribution in [0, 0.1) is 5.92 Å². The van der Waals surface area contributed by atoms with Crippen LogP contribution in [-0.2, 0) is 20.5 Å². The third kappa shape index (κ3) is 4.36. The Kier molecular flexibility index (Phi) is 4.68. The fourth-order valence-corrected chi connectivity index (χ4v) is 3.17. The van der Waals surface area contributed by atoms with Crippen molar-refractivity contribution in [2.75, 3.05) is 19.8 Å². The first-order valence-electron chi connectivity index (χ1n) is 6.10. The lowest BCUT2D eigenvalue weighted by Crippen LogP contribution is -2.33. The Hall–Kier alpha value is -0.980. The zero-order valence-electron chi connectivity index (χ0n) is 10.2. The van der Waals surface area contributed by atoms with Gasteiger partial charge in [0.2, 0.25) is 10.0 Å². The number of sulfonamides is 1. The highest BCUT2D eigenvalue weighted by Gasteiger charge is 2.17. The molecule has 5 nitrogen and oxygen atoms in total. The van der Waals surface area contributed by atoms with Gasteiger partial charge in [0.05, 0.1) is 12.4 Å². The van der Waals surface area contributed by atoms with E-state index in [2.05, 4.69) is 9.71 Å². The average molecular weight is 270 g/mol. The fraction of sp³-hybridized carbons (Fsp3) is 0.583. The molecule has 6 heteroatoms. The zero-order chi connectivity index (χ0) is 12.8. The van der Waals surface area contributed by atoms with Crippen LogP contribution in [0.4, 0.5) is 0 Å². The molecule has 0 bridgehead atoms. The quantitative estimate of drug-likeness (QED) is 0.864. The monoisotopic (exact) mass is 270 g/mol. The molecule has 0 aliphatic carbocycles. The Bertz CT molecular complexity index is 455. The minimum Gasteiger partial charge on any atom is -0.381 e. The predicted octanol–water partition coefficient (Wildman–Crippen LogP) is 0.928. The van der Waals surface area contributed by atoms with Gasteiger partial charge < -0.3 is 4.74 Å². The van der Waals surface area contributed by atoms with E-state index < -0.39 is 10.0 Å². The molecule has 0 radical (unpaired) electrons. The van der Waals surface area contributed by atoms with Gasteiger partial charge in [-0.15, -0.1) is 0 Å². The molecule has 1 aliphatic rings. The summed E-state index contributed by atoms with van der Waals surface area (Å²) < 4.78 is 31.7. The topological polar surface area (TPSA) is 68.3 Å². The minimum atomic E-state index is -3.28. The number of pyridine rings is 1. The number of aromatic nitrogens is 1. The molecule has 18 heavy (non-hydrogen) atoms. The van der Waals surface area contributed by atoms with Crippen molar-refractivity contribution in [1.82, 2.24) is 9.71 Å². The third-order valence-corrected chi connectivity index (χ3v) is 4.25. The summed E-state index contributed by atoms with van der Waals surface area (Å²) >= 11 is 0. The van der Waals surface area contributed by atoms with Crippen molar-refractivity contribution in [2.24, 2.45) is 5.92 Å². The maximum absolute atomic E-state index is 11.9. The van der Waals surface area contributed by atoms with E-state index in [-0.39, 0.29) is 5.75 Å². The normalized spacial score (nSPS) is 20.8. The Morgan fingerprint density at radius 3 is 3.06 bits per heavy atom. The lowest BCUT2D eigenvalue weighted by Gasteiger charge is -2.22. The van der Waals surface area contributed by atoms with Gasteiger partial charge in [-0.2, -0.15) is 0 Å². The van der Waals surface area contributed by atoms with Gasteiger partial charge in [0.1, 0.15) is 0 Å². The van der Waals surface area contributed by atoms with Gasteiger partial charge in [-0.05, 0) is 30.4 Å². The van der Waals surface area contributed by atoms with Crippen molar-refractivity contribution in [3.05, 3.63) is 30.1 Å². The summed E-state index contributed by atoms with van der Waals surface area (Å²) in [7, 11) is -3.28.